The van der Waals surface area contributed by atoms with Gasteiger partial charge in [0, 0.05) is 0 Å². The standard InChI is InChI=1S/C38H22N2Se/c1-2-9-26-23(8-1)18-21-28-27(26)20-19-24-16-17-25(22-33(24)28)38-39-34-14-5-3-11-31(34)36(40-38)32-13-7-12-30-29-10-4-6-15-35(29)41-37(30)32/h1-22H. The van der Waals surface area contributed by atoms with Crippen LogP contribution in [0, 0.1) is 0 Å². The minimum absolute atomic E-state index is 0.235. The van der Waals surface area contributed by atoms with Crippen LogP contribution < -0.4 is 0 Å². The second-order valence-electron chi connectivity index (χ2n) is 10.6. The number of benzene rings is 7. The zero-order valence-corrected chi connectivity index (χ0v) is 23.7. The van der Waals surface area contributed by atoms with Gasteiger partial charge < -0.3 is 0 Å². The summed E-state index contributed by atoms with van der Waals surface area (Å²) in [7, 11) is 0. The molecule has 3 heteroatoms. The zero-order chi connectivity index (χ0) is 26.9. The average molecular weight is 586 g/mol. The van der Waals surface area contributed by atoms with Gasteiger partial charge in [-0.1, -0.05) is 18.2 Å². The molecule has 0 amide bonds. The quantitative estimate of drug-likeness (QED) is 0.149. The van der Waals surface area contributed by atoms with Crippen molar-refractivity contribution < 1.29 is 0 Å². The van der Waals surface area contributed by atoms with E-state index in [4.69, 9.17) is 9.97 Å². The second-order valence-corrected chi connectivity index (χ2v) is 12.8. The number of hydrogen-bond acceptors (Lipinski definition) is 2. The van der Waals surface area contributed by atoms with Crippen molar-refractivity contribution in [2.45, 2.75) is 0 Å². The molecule has 9 aromatic rings. The topological polar surface area (TPSA) is 25.8 Å². The Bertz CT molecular complexity index is 2490. The van der Waals surface area contributed by atoms with E-state index >= 15 is 0 Å². The normalized spacial score (nSPS) is 11.9. The van der Waals surface area contributed by atoms with Gasteiger partial charge in [-0.15, -0.1) is 0 Å². The second kappa shape index (κ2) is 8.84. The summed E-state index contributed by atoms with van der Waals surface area (Å²) in [6.45, 7) is 0. The van der Waals surface area contributed by atoms with Gasteiger partial charge >= 0.3 is 225 Å². The van der Waals surface area contributed by atoms with Gasteiger partial charge in [-0.25, -0.2) is 0 Å². The first-order valence-electron chi connectivity index (χ1n) is 13.8. The molecule has 0 spiro atoms. The molecule has 0 fully saturated rings. The molecular weight excluding hydrogens is 563 g/mol. The van der Waals surface area contributed by atoms with Crippen molar-refractivity contribution in [1.29, 1.82) is 0 Å². The number of hydrogen-bond donors (Lipinski definition) is 0. The molecule has 9 rings (SSSR count). The summed E-state index contributed by atoms with van der Waals surface area (Å²) in [5.41, 5.74) is 4.24. The minimum atomic E-state index is 0.235. The summed E-state index contributed by atoms with van der Waals surface area (Å²) in [5, 5.41) is 11.3. The molecule has 41 heavy (non-hydrogen) atoms. The first-order chi connectivity index (χ1) is 20.3. The van der Waals surface area contributed by atoms with Crippen molar-refractivity contribution in [3.8, 4) is 22.6 Å². The van der Waals surface area contributed by atoms with Crippen LogP contribution in [0.25, 0.3) is 85.2 Å². The van der Waals surface area contributed by atoms with E-state index in [1.165, 1.54) is 57.2 Å². The van der Waals surface area contributed by atoms with Gasteiger partial charge in [0.1, 0.15) is 0 Å². The van der Waals surface area contributed by atoms with Crippen molar-refractivity contribution >= 4 is 77.0 Å². The molecule has 7 aromatic carbocycles. The van der Waals surface area contributed by atoms with Gasteiger partial charge in [-0.05, 0) is 0 Å². The van der Waals surface area contributed by atoms with Gasteiger partial charge in [0.25, 0.3) is 0 Å². The Morgan fingerprint density at radius 3 is 2.02 bits per heavy atom. The zero-order valence-electron chi connectivity index (χ0n) is 22.0. The van der Waals surface area contributed by atoms with Crippen LogP contribution in [0.1, 0.15) is 0 Å². The molecule has 0 radical (unpaired) electrons. The Labute approximate surface area is 242 Å². The molecule has 0 aliphatic heterocycles. The summed E-state index contributed by atoms with van der Waals surface area (Å²) in [6.07, 6.45) is 0. The summed E-state index contributed by atoms with van der Waals surface area (Å²) < 4.78 is 2.85. The predicted molar refractivity (Wildman–Crippen MR) is 175 cm³/mol. The molecule has 2 nitrogen and oxygen atoms in total. The third-order valence-corrected chi connectivity index (χ3v) is 10.8. The van der Waals surface area contributed by atoms with E-state index in [2.05, 4.69) is 133 Å². The monoisotopic (exact) mass is 586 g/mol. The Morgan fingerprint density at radius 2 is 1.12 bits per heavy atom. The fourth-order valence-electron chi connectivity index (χ4n) is 6.30. The van der Waals surface area contributed by atoms with E-state index in [-0.39, 0.29) is 14.5 Å². The first-order valence-corrected chi connectivity index (χ1v) is 15.6. The summed E-state index contributed by atoms with van der Waals surface area (Å²) in [6, 6.07) is 48.1. The molecule has 190 valence electrons. The number of para-hydroxylation sites is 1. The van der Waals surface area contributed by atoms with E-state index in [1.807, 2.05) is 0 Å². The molecule has 0 atom stereocenters. The maximum atomic E-state index is 5.32. The van der Waals surface area contributed by atoms with Crippen LogP contribution in [0.3, 0.4) is 0 Å². The van der Waals surface area contributed by atoms with Gasteiger partial charge in [0.15, 0.2) is 0 Å². The summed E-state index contributed by atoms with van der Waals surface area (Å²) >= 11 is 0.235. The van der Waals surface area contributed by atoms with Crippen LogP contribution in [0.4, 0.5) is 0 Å². The fraction of sp³-hybridized carbons (Fsp3) is 0. The molecule has 0 saturated heterocycles. The maximum absolute atomic E-state index is 5.32. The van der Waals surface area contributed by atoms with E-state index < -0.39 is 0 Å². The van der Waals surface area contributed by atoms with Crippen LogP contribution in [-0.2, 0) is 0 Å². The third-order valence-electron chi connectivity index (χ3n) is 8.26. The van der Waals surface area contributed by atoms with Gasteiger partial charge in [-0.3, -0.25) is 0 Å². The predicted octanol–water partition coefficient (Wildman–Crippen LogP) is 9.79. The van der Waals surface area contributed by atoms with Crippen molar-refractivity contribution in [1.82, 2.24) is 9.97 Å². The third kappa shape index (κ3) is 3.50. The number of aromatic nitrogens is 2. The Hall–Kier alpha value is -4.82. The van der Waals surface area contributed by atoms with Crippen LogP contribution >= 0.6 is 0 Å². The molecule has 0 unspecified atom stereocenters. The Kier molecular flexibility index (Phi) is 4.95. The van der Waals surface area contributed by atoms with E-state index in [0.29, 0.717) is 0 Å². The molecule has 2 aromatic heterocycles. The SMILES string of the molecule is c1ccc2c(c1)ccc1c3cc(-c4nc(-c5cccc6c5[se]c5ccccc56)c5ccccc5n4)ccc3ccc21. The Morgan fingerprint density at radius 1 is 0.439 bits per heavy atom. The fourth-order valence-corrected chi connectivity index (χ4v) is 8.86. The van der Waals surface area contributed by atoms with Crippen LogP contribution in [0.15, 0.2) is 133 Å². The molecule has 0 bridgehead atoms. The molecule has 0 aliphatic rings. The molecule has 0 aliphatic carbocycles. The Balaban J connectivity index is 1.31. The van der Waals surface area contributed by atoms with Crippen molar-refractivity contribution in [3.63, 3.8) is 0 Å². The summed E-state index contributed by atoms with van der Waals surface area (Å²) in [5.74, 6) is 0.763. The molecular formula is C38H22N2Se. The van der Waals surface area contributed by atoms with Gasteiger partial charge in [-0.2, -0.15) is 0 Å². The van der Waals surface area contributed by atoms with Crippen molar-refractivity contribution in [2.24, 2.45) is 0 Å². The van der Waals surface area contributed by atoms with Gasteiger partial charge in [0.05, 0.1) is 0 Å². The molecule has 0 N–H and O–H groups in total. The number of rotatable bonds is 2. The van der Waals surface area contributed by atoms with Crippen molar-refractivity contribution in [3.05, 3.63) is 133 Å². The summed E-state index contributed by atoms with van der Waals surface area (Å²) in [4.78, 5) is 10.4. The first kappa shape index (κ1) is 22.9. The van der Waals surface area contributed by atoms with Crippen LogP contribution in [0.5, 0.6) is 0 Å². The molecule has 0 saturated carbocycles. The average Bonchev–Trinajstić information content (AvgIpc) is 3.43. The van der Waals surface area contributed by atoms with Crippen molar-refractivity contribution in [2.75, 3.05) is 0 Å². The van der Waals surface area contributed by atoms with E-state index in [1.54, 1.807) is 0 Å². The number of fused-ring (bicyclic) bond motifs is 9. The number of nitrogens with zero attached hydrogens (tertiary/aromatic N) is 2. The van der Waals surface area contributed by atoms with Crippen LogP contribution in [-0.4, -0.2) is 24.5 Å². The van der Waals surface area contributed by atoms with Crippen LogP contribution in [0.2, 0.25) is 0 Å². The van der Waals surface area contributed by atoms with E-state index in [0.717, 1.165) is 28.0 Å². The molecule has 2 heterocycles. The van der Waals surface area contributed by atoms with Gasteiger partial charge in [0.2, 0.25) is 0 Å². The van der Waals surface area contributed by atoms with E-state index in [9.17, 15) is 0 Å².